The quantitative estimate of drug-likeness (QED) is 0.463. The number of amides is 3. The first-order chi connectivity index (χ1) is 10.7. The summed E-state index contributed by atoms with van der Waals surface area (Å²) in [6.07, 6.45) is -1.23. The third-order valence-corrected chi connectivity index (χ3v) is 3.68. The van der Waals surface area contributed by atoms with E-state index in [1.807, 2.05) is 0 Å². The van der Waals surface area contributed by atoms with Crippen molar-refractivity contribution < 1.29 is 23.9 Å². The molecule has 0 spiro atoms. The van der Waals surface area contributed by atoms with Crippen molar-refractivity contribution in [3.8, 4) is 0 Å². The van der Waals surface area contributed by atoms with Gasteiger partial charge in [-0.3, -0.25) is 19.2 Å². The second-order valence-corrected chi connectivity index (χ2v) is 5.27. The Bertz CT molecular complexity index is 694. The third kappa shape index (κ3) is 3.08. The second-order valence-electron chi connectivity index (χ2n) is 5.27. The number of hydrogen-bond donors (Lipinski definition) is 1. The Kier molecular flexibility index (Phi) is 4.48. The number of urea groups is 1. The van der Waals surface area contributed by atoms with Gasteiger partial charge in [0.05, 0.1) is 11.3 Å². The number of carbonyl (C=O) groups excluding carboxylic acids is 4. The molecule has 3 amide bonds. The molecule has 1 aromatic rings. The van der Waals surface area contributed by atoms with Gasteiger partial charge in [-0.1, -0.05) is 0 Å². The average molecular weight is 322 g/mol. The summed E-state index contributed by atoms with van der Waals surface area (Å²) in [5.74, 6) is -2.68. The van der Waals surface area contributed by atoms with E-state index in [-0.39, 0.29) is 12.1 Å². The number of aryl methyl sites for hydroxylation is 2. The maximum atomic E-state index is 12.2. The molecule has 2 heterocycles. The molecule has 0 radical (unpaired) electrons. The number of esters is 1. The van der Waals surface area contributed by atoms with Crippen LogP contribution in [-0.2, 0) is 21.4 Å². The van der Waals surface area contributed by atoms with Crippen LogP contribution >= 0.6 is 0 Å². The van der Waals surface area contributed by atoms with Crippen LogP contribution in [0.3, 0.4) is 0 Å². The average Bonchev–Trinajstić information content (AvgIpc) is 3.01. The van der Waals surface area contributed by atoms with E-state index >= 15 is 0 Å². The van der Waals surface area contributed by atoms with Crippen molar-refractivity contribution in [2.45, 2.75) is 26.9 Å². The van der Waals surface area contributed by atoms with Crippen molar-refractivity contribution in [2.24, 2.45) is 7.05 Å². The molecule has 1 atom stereocenters. The van der Waals surface area contributed by atoms with Crippen molar-refractivity contribution in [3.63, 3.8) is 0 Å². The van der Waals surface area contributed by atoms with Crippen molar-refractivity contribution in [3.05, 3.63) is 17.0 Å². The SMILES string of the molecule is Cc1nn(C)c(C)c1C(=O)C(=O)O[C@H](C)C(=O)N1CCNC1=O. The van der Waals surface area contributed by atoms with Gasteiger partial charge in [0, 0.05) is 25.8 Å². The second kappa shape index (κ2) is 6.19. The van der Waals surface area contributed by atoms with Crippen LogP contribution in [0.15, 0.2) is 0 Å². The molecule has 1 aromatic heterocycles. The van der Waals surface area contributed by atoms with Crippen LogP contribution in [0, 0.1) is 13.8 Å². The first-order valence-electron chi connectivity index (χ1n) is 7.08. The number of rotatable bonds is 4. The summed E-state index contributed by atoms with van der Waals surface area (Å²) in [6, 6.07) is -0.539. The van der Waals surface area contributed by atoms with Crippen LogP contribution in [0.4, 0.5) is 4.79 Å². The maximum absolute atomic E-state index is 12.2. The Balaban J connectivity index is 2.07. The van der Waals surface area contributed by atoms with E-state index < -0.39 is 29.8 Å². The van der Waals surface area contributed by atoms with Gasteiger partial charge in [0.2, 0.25) is 0 Å². The van der Waals surface area contributed by atoms with E-state index in [2.05, 4.69) is 10.4 Å². The molecule has 1 saturated heterocycles. The van der Waals surface area contributed by atoms with Gasteiger partial charge in [0.15, 0.2) is 6.10 Å². The molecule has 1 fully saturated rings. The highest BCUT2D eigenvalue weighted by Crippen LogP contribution is 2.14. The van der Waals surface area contributed by atoms with Gasteiger partial charge in [-0.25, -0.2) is 9.59 Å². The zero-order valence-electron chi connectivity index (χ0n) is 13.4. The van der Waals surface area contributed by atoms with Crippen LogP contribution in [0.5, 0.6) is 0 Å². The Labute approximate surface area is 132 Å². The highest BCUT2D eigenvalue weighted by molar-refractivity contribution is 6.41. The summed E-state index contributed by atoms with van der Waals surface area (Å²) in [4.78, 5) is 48.6. The highest BCUT2D eigenvalue weighted by Gasteiger charge is 2.34. The predicted molar refractivity (Wildman–Crippen MR) is 77.7 cm³/mol. The molecule has 124 valence electrons. The van der Waals surface area contributed by atoms with Gasteiger partial charge < -0.3 is 10.1 Å². The fourth-order valence-electron chi connectivity index (χ4n) is 2.37. The van der Waals surface area contributed by atoms with Crippen LogP contribution in [0.1, 0.15) is 28.7 Å². The third-order valence-electron chi connectivity index (χ3n) is 3.68. The lowest BCUT2D eigenvalue weighted by atomic mass is 10.1. The molecule has 0 aliphatic carbocycles. The van der Waals surface area contributed by atoms with Gasteiger partial charge in [0.25, 0.3) is 11.7 Å². The van der Waals surface area contributed by atoms with Crippen LogP contribution in [0.25, 0.3) is 0 Å². The van der Waals surface area contributed by atoms with E-state index in [0.29, 0.717) is 17.9 Å². The van der Waals surface area contributed by atoms with Gasteiger partial charge in [-0.2, -0.15) is 5.10 Å². The molecule has 9 nitrogen and oxygen atoms in total. The number of carbonyl (C=O) groups is 4. The van der Waals surface area contributed by atoms with Crippen molar-refractivity contribution in [1.29, 1.82) is 0 Å². The summed E-state index contributed by atoms with van der Waals surface area (Å²) in [5.41, 5.74) is 1.10. The first kappa shape index (κ1) is 16.7. The minimum Gasteiger partial charge on any atom is -0.447 e. The topological polar surface area (TPSA) is 111 Å². The lowest BCUT2D eigenvalue weighted by Gasteiger charge is -2.17. The highest BCUT2D eigenvalue weighted by atomic mass is 16.6. The number of ether oxygens (including phenoxy) is 1. The minimum absolute atomic E-state index is 0.163. The van der Waals surface area contributed by atoms with Gasteiger partial charge in [-0.15, -0.1) is 0 Å². The molecule has 0 saturated carbocycles. The fourth-order valence-corrected chi connectivity index (χ4v) is 2.37. The number of nitrogens with one attached hydrogen (secondary N) is 1. The van der Waals surface area contributed by atoms with Crippen LogP contribution in [-0.4, -0.2) is 57.6 Å². The number of aromatic nitrogens is 2. The Morgan fingerprint density at radius 3 is 2.43 bits per heavy atom. The van der Waals surface area contributed by atoms with Crippen LogP contribution < -0.4 is 5.32 Å². The molecule has 23 heavy (non-hydrogen) atoms. The van der Waals surface area contributed by atoms with Gasteiger partial charge in [0.1, 0.15) is 0 Å². The number of ketones is 1. The van der Waals surface area contributed by atoms with E-state index in [0.717, 1.165) is 4.90 Å². The standard InChI is InChI=1S/C14H18N4O5/c1-7-10(8(2)17(4)16-7)11(19)13(21)23-9(3)12(20)18-6-5-15-14(18)22/h9H,5-6H2,1-4H3,(H,15,22)/t9-/m1/s1. The first-order valence-corrected chi connectivity index (χ1v) is 7.08. The number of Topliss-reactive ketones (excluding diaryl/α,β-unsaturated/α-hetero) is 1. The molecule has 9 heteroatoms. The summed E-state index contributed by atoms with van der Waals surface area (Å²) in [7, 11) is 1.66. The Hall–Kier alpha value is -2.71. The lowest BCUT2D eigenvalue weighted by Crippen LogP contribution is -2.42. The van der Waals surface area contributed by atoms with Crippen molar-refractivity contribution in [1.82, 2.24) is 20.0 Å². The van der Waals surface area contributed by atoms with E-state index in [1.54, 1.807) is 20.9 Å². The monoisotopic (exact) mass is 322 g/mol. The summed E-state index contributed by atoms with van der Waals surface area (Å²) < 4.78 is 6.40. The van der Waals surface area contributed by atoms with Crippen molar-refractivity contribution in [2.75, 3.05) is 13.1 Å². The molecule has 1 N–H and O–H groups in total. The molecule has 1 aliphatic rings. The molecule has 2 rings (SSSR count). The molecule has 0 bridgehead atoms. The van der Waals surface area contributed by atoms with Gasteiger partial charge in [-0.05, 0) is 20.8 Å². The van der Waals surface area contributed by atoms with Crippen molar-refractivity contribution >= 4 is 23.7 Å². The Morgan fingerprint density at radius 1 is 1.30 bits per heavy atom. The zero-order chi connectivity index (χ0) is 17.3. The smallest absolute Gasteiger partial charge is 0.380 e. The van der Waals surface area contributed by atoms with E-state index in [4.69, 9.17) is 4.74 Å². The summed E-state index contributed by atoms with van der Waals surface area (Å²) >= 11 is 0. The minimum atomic E-state index is -1.23. The summed E-state index contributed by atoms with van der Waals surface area (Å²) in [5, 5.41) is 6.53. The van der Waals surface area contributed by atoms with E-state index in [1.165, 1.54) is 11.6 Å². The van der Waals surface area contributed by atoms with Gasteiger partial charge >= 0.3 is 12.0 Å². The Morgan fingerprint density at radius 2 is 1.96 bits per heavy atom. The maximum Gasteiger partial charge on any atom is 0.380 e. The molecule has 0 unspecified atom stereocenters. The molecular formula is C14H18N4O5. The fraction of sp³-hybridized carbons (Fsp3) is 0.500. The molecular weight excluding hydrogens is 304 g/mol. The number of nitrogens with zero attached hydrogens (tertiary/aromatic N) is 3. The van der Waals surface area contributed by atoms with Crippen LogP contribution in [0.2, 0.25) is 0 Å². The van der Waals surface area contributed by atoms with E-state index in [9.17, 15) is 19.2 Å². The predicted octanol–water partition coefficient (Wildman–Crippen LogP) is -0.297. The zero-order valence-corrected chi connectivity index (χ0v) is 13.4. The molecule has 1 aliphatic heterocycles. The lowest BCUT2D eigenvalue weighted by molar-refractivity contribution is -0.153. The normalized spacial score (nSPS) is 15.3. The molecule has 0 aromatic carbocycles. The summed E-state index contributed by atoms with van der Waals surface area (Å²) in [6.45, 7) is 5.13. The number of hydrogen-bond acceptors (Lipinski definition) is 6. The number of imide groups is 1. The largest absolute Gasteiger partial charge is 0.447 e.